The van der Waals surface area contributed by atoms with Crippen LogP contribution in [0.15, 0.2) is 36.8 Å². The highest BCUT2D eigenvalue weighted by molar-refractivity contribution is 7.92. The molecule has 11 nitrogen and oxygen atoms in total. The summed E-state index contributed by atoms with van der Waals surface area (Å²) < 4.78 is 29.5. The third-order valence-electron chi connectivity index (χ3n) is 5.83. The van der Waals surface area contributed by atoms with Crippen molar-refractivity contribution in [1.82, 2.24) is 24.5 Å². The second-order valence-corrected chi connectivity index (χ2v) is 10.6. The molecule has 4 aromatic rings. The van der Waals surface area contributed by atoms with E-state index in [1.165, 1.54) is 0 Å². The maximum atomic E-state index is 12.5. The van der Waals surface area contributed by atoms with Crippen LogP contribution in [0.25, 0.3) is 22.4 Å². The molecule has 1 fully saturated rings. The molecule has 1 saturated carbocycles. The largest absolute Gasteiger partial charge is 0.352 e. The van der Waals surface area contributed by atoms with E-state index >= 15 is 0 Å². The number of amides is 1. The predicted octanol–water partition coefficient (Wildman–Crippen LogP) is 3.52. The van der Waals surface area contributed by atoms with E-state index in [0.29, 0.717) is 39.9 Å². The summed E-state index contributed by atoms with van der Waals surface area (Å²) in [6.07, 6.45) is 5.16. The van der Waals surface area contributed by atoms with E-state index < -0.39 is 10.0 Å². The number of benzene rings is 1. The normalized spacial score (nSPS) is 13.7. The Morgan fingerprint density at radius 1 is 1.17 bits per heavy atom. The number of aromatic amines is 1. The fourth-order valence-electron chi connectivity index (χ4n) is 3.76. The molecule has 0 spiro atoms. The first-order chi connectivity index (χ1) is 16.7. The first-order valence-corrected chi connectivity index (χ1v) is 12.9. The molecule has 1 aromatic carbocycles. The quantitative estimate of drug-likeness (QED) is 0.293. The van der Waals surface area contributed by atoms with Gasteiger partial charge in [-0.25, -0.2) is 23.4 Å². The number of pyridine rings is 1. The number of hydrogen-bond donors (Lipinski definition) is 4. The van der Waals surface area contributed by atoms with Gasteiger partial charge in [0.15, 0.2) is 5.65 Å². The van der Waals surface area contributed by atoms with Gasteiger partial charge in [0.25, 0.3) is 0 Å². The molecule has 182 valence electrons. The van der Waals surface area contributed by atoms with Gasteiger partial charge in [0, 0.05) is 24.6 Å². The number of rotatable bonds is 8. The number of nitrogens with one attached hydrogen (secondary N) is 4. The van der Waals surface area contributed by atoms with E-state index in [0.717, 1.165) is 24.1 Å². The number of H-pyrrole nitrogens is 1. The Labute approximate surface area is 202 Å². The first-order valence-electron chi connectivity index (χ1n) is 11.3. The molecule has 4 N–H and O–H groups in total. The smallest absolute Gasteiger partial charge is 0.232 e. The molecule has 12 heteroatoms. The maximum absolute atomic E-state index is 12.5. The van der Waals surface area contributed by atoms with Gasteiger partial charge in [-0.1, -0.05) is 6.07 Å². The van der Waals surface area contributed by atoms with E-state index in [4.69, 9.17) is 0 Å². The zero-order valence-corrected chi connectivity index (χ0v) is 20.4. The zero-order valence-electron chi connectivity index (χ0n) is 19.6. The van der Waals surface area contributed by atoms with Gasteiger partial charge in [-0.2, -0.15) is 0 Å². The summed E-state index contributed by atoms with van der Waals surface area (Å²) in [6, 6.07) is 7.16. The van der Waals surface area contributed by atoms with Crippen LogP contribution < -0.4 is 15.4 Å². The van der Waals surface area contributed by atoms with Crippen molar-refractivity contribution in [3.05, 3.63) is 42.6 Å². The number of nitrogens with zero attached hydrogens (tertiary/aromatic N) is 4. The van der Waals surface area contributed by atoms with Gasteiger partial charge in [-0.3, -0.25) is 9.52 Å². The number of aromatic nitrogens is 5. The van der Waals surface area contributed by atoms with Crippen LogP contribution in [0.1, 0.15) is 25.6 Å². The molecule has 3 aromatic heterocycles. The van der Waals surface area contributed by atoms with Crippen molar-refractivity contribution in [2.24, 2.45) is 13.0 Å². The third kappa shape index (κ3) is 4.83. The standard InChI is InChI=1S/C23H26N8O3S/c1-4-35(33,34)30-17-9-15(19-11-24-12-31(19)3)7-8-16(17)27-18-10-20(29-23(32)14-5-6-14)28-22-21(18)25-13(2)26-22/h7-12,14,30H,4-6H2,1-3H3,(H3,25,26,27,28,29,32). The van der Waals surface area contributed by atoms with Crippen LogP contribution in [0, 0.1) is 12.8 Å². The Balaban J connectivity index is 1.57. The van der Waals surface area contributed by atoms with Crippen molar-refractivity contribution in [3.8, 4) is 11.3 Å². The minimum Gasteiger partial charge on any atom is -0.352 e. The number of imidazole rings is 2. The molecular weight excluding hydrogens is 468 g/mol. The van der Waals surface area contributed by atoms with E-state index in [1.54, 1.807) is 37.6 Å². The zero-order chi connectivity index (χ0) is 24.7. The van der Waals surface area contributed by atoms with Gasteiger partial charge in [0.1, 0.15) is 17.2 Å². The molecule has 0 saturated heterocycles. The van der Waals surface area contributed by atoms with Crippen molar-refractivity contribution in [3.63, 3.8) is 0 Å². The monoisotopic (exact) mass is 494 g/mol. The average molecular weight is 495 g/mol. The van der Waals surface area contributed by atoms with Gasteiger partial charge in [0.05, 0.1) is 41.0 Å². The number of carbonyl (C=O) groups is 1. The highest BCUT2D eigenvalue weighted by Gasteiger charge is 2.30. The average Bonchev–Trinajstić information content (AvgIpc) is 3.47. The summed E-state index contributed by atoms with van der Waals surface area (Å²) >= 11 is 0. The SMILES string of the molecule is CCS(=O)(=O)Nc1cc(-c2cncn2C)ccc1Nc1cc(NC(=O)C2CC2)nc2nc(C)[nH]c12. The fourth-order valence-corrected chi connectivity index (χ4v) is 4.41. The summed E-state index contributed by atoms with van der Waals surface area (Å²) in [6.45, 7) is 3.40. The number of hydrogen-bond acceptors (Lipinski definition) is 7. The van der Waals surface area contributed by atoms with Crippen LogP contribution in [0.5, 0.6) is 0 Å². The lowest BCUT2D eigenvalue weighted by atomic mass is 10.1. The molecule has 0 unspecified atom stereocenters. The van der Waals surface area contributed by atoms with E-state index in [9.17, 15) is 13.2 Å². The number of aryl methyl sites for hydroxylation is 2. The summed E-state index contributed by atoms with van der Waals surface area (Å²) in [4.78, 5) is 28.5. The topological polar surface area (TPSA) is 147 Å². The Bertz CT molecular complexity index is 1540. The van der Waals surface area contributed by atoms with Gasteiger partial charge in [0.2, 0.25) is 15.9 Å². The maximum Gasteiger partial charge on any atom is 0.232 e. The number of fused-ring (bicyclic) bond motifs is 1. The van der Waals surface area contributed by atoms with Crippen molar-refractivity contribution in [2.45, 2.75) is 26.7 Å². The summed E-state index contributed by atoms with van der Waals surface area (Å²) in [7, 11) is -1.68. The number of anilines is 4. The first kappa shape index (κ1) is 22.8. The highest BCUT2D eigenvalue weighted by atomic mass is 32.2. The third-order valence-corrected chi connectivity index (χ3v) is 7.12. The van der Waals surface area contributed by atoms with Gasteiger partial charge in [-0.05, 0) is 38.8 Å². The second kappa shape index (κ2) is 8.69. The van der Waals surface area contributed by atoms with Crippen LogP contribution in [-0.2, 0) is 21.9 Å². The molecule has 1 aliphatic rings. The lowest BCUT2D eigenvalue weighted by molar-refractivity contribution is -0.117. The van der Waals surface area contributed by atoms with Crippen LogP contribution in [0.2, 0.25) is 0 Å². The van der Waals surface area contributed by atoms with E-state index in [1.807, 2.05) is 24.6 Å². The Hall–Kier alpha value is -3.93. The predicted molar refractivity (Wildman–Crippen MR) is 135 cm³/mol. The van der Waals surface area contributed by atoms with Crippen LogP contribution in [0.4, 0.5) is 22.9 Å². The van der Waals surface area contributed by atoms with Crippen LogP contribution in [-0.4, -0.2) is 44.6 Å². The summed E-state index contributed by atoms with van der Waals surface area (Å²) in [5, 5.41) is 6.17. The second-order valence-electron chi connectivity index (χ2n) is 8.62. The molecule has 35 heavy (non-hydrogen) atoms. The summed E-state index contributed by atoms with van der Waals surface area (Å²) in [5.74, 6) is 0.940. The van der Waals surface area contributed by atoms with Crippen molar-refractivity contribution < 1.29 is 13.2 Å². The van der Waals surface area contributed by atoms with E-state index in [2.05, 4.69) is 35.3 Å². The molecule has 0 bridgehead atoms. The molecule has 1 amide bonds. The Kier molecular flexibility index (Phi) is 5.67. The van der Waals surface area contributed by atoms with E-state index in [-0.39, 0.29) is 17.6 Å². The van der Waals surface area contributed by atoms with Gasteiger partial charge >= 0.3 is 0 Å². The summed E-state index contributed by atoms with van der Waals surface area (Å²) in [5.41, 5.74) is 4.26. The van der Waals surface area contributed by atoms with Crippen LogP contribution in [0.3, 0.4) is 0 Å². The molecule has 0 atom stereocenters. The van der Waals surface area contributed by atoms with Crippen LogP contribution >= 0.6 is 0 Å². The lowest BCUT2D eigenvalue weighted by Gasteiger charge is -2.16. The van der Waals surface area contributed by atoms with Crippen molar-refractivity contribution in [1.29, 1.82) is 0 Å². The molecule has 1 aliphatic carbocycles. The minimum atomic E-state index is -3.55. The number of carbonyl (C=O) groups excluding carboxylic acids is 1. The molecule has 3 heterocycles. The minimum absolute atomic E-state index is 0.0272. The Morgan fingerprint density at radius 2 is 1.97 bits per heavy atom. The molecular formula is C23H26N8O3S. The number of sulfonamides is 1. The molecule has 0 aliphatic heterocycles. The van der Waals surface area contributed by atoms with Gasteiger partial charge < -0.3 is 20.2 Å². The van der Waals surface area contributed by atoms with Crippen molar-refractivity contribution >= 4 is 50.0 Å². The van der Waals surface area contributed by atoms with Crippen molar-refractivity contribution in [2.75, 3.05) is 21.1 Å². The highest BCUT2D eigenvalue weighted by Crippen LogP contribution is 2.35. The lowest BCUT2D eigenvalue weighted by Crippen LogP contribution is -2.16. The Morgan fingerprint density at radius 3 is 2.66 bits per heavy atom. The molecule has 0 radical (unpaired) electrons. The molecule has 5 rings (SSSR count). The van der Waals surface area contributed by atoms with Gasteiger partial charge in [-0.15, -0.1) is 0 Å². The fraction of sp³-hybridized carbons (Fsp3) is 0.304.